The van der Waals surface area contributed by atoms with Gasteiger partial charge in [-0.3, -0.25) is 0 Å². The molecule has 7 heteroatoms. The molecule has 0 fully saturated rings. The summed E-state index contributed by atoms with van der Waals surface area (Å²) in [5.74, 6) is -1.42. The zero-order valence-electron chi connectivity index (χ0n) is 8.29. The maximum absolute atomic E-state index is 11.0. The molecule has 14 heavy (non-hydrogen) atoms. The van der Waals surface area contributed by atoms with Crippen LogP contribution in [0.15, 0.2) is 4.52 Å². The molecule has 2 N–H and O–H groups in total. The van der Waals surface area contributed by atoms with Crippen LogP contribution < -0.4 is 34.7 Å². The van der Waals surface area contributed by atoms with Crippen LogP contribution >= 0.6 is 0 Å². The van der Waals surface area contributed by atoms with Gasteiger partial charge in [-0.15, -0.1) is 0 Å². The second kappa shape index (κ2) is 6.83. The fraction of sp³-hybridized carbons (Fsp3) is 0.429. The van der Waals surface area contributed by atoms with Crippen molar-refractivity contribution in [2.45, 2.75) is 13.8 Å². The van der Waals surface area contributed by atoms with Gasteiger partial charge in [0.15, 0.2) is 0 Å². The van der Waals surface area contributed by atoms with Gasteiger partial charge in [0.05, 0.1) is 18.2 Å². The number of hydrogen-bond acceptors (Lipinski definition) is 5. The van der Waals surface area contributed by atoms with Gasteiger partial charge < -0.3 is 19.8 Å². The summed E-state index contributed by atoms with van der Waals surface area (Å²) in [6, 6.07) is 0. The van der Waals surface area contributed by atoms with Crippen molar-refractivity contribution >= 4 is 5.97 Å². The van der Waals surface area contributed by atoms with Gasteiger partial charge in [-0.05, 0) is 13.8 Å². The summed E-state index contributed by atoms with van der Waals surface area (Å²) >= 11 is 0. The first kappa shape index (κ1) is 15.9. The topological polar surface area (TPSA) is 107 Å². The minimum atomic E-state index is -0.744. The summed E-state index contributed by atoms with van der Waals surface area (Å²) in [7, 11) is 0. The van der Waals surface area contributed by atoms with Crippen LogP contribution in [0, 0.1) is 6.92 Å². The van der Waals surface area contributed by atoms with Crippen LogP contribution in [0.25, 0.3) is 0 Å². The predicted molar refractivity (Wildman–Crippen MR) is 40.3 cm³/mol. The summed E-state index contributed by atoms with van der Waals surface area (Å²) < 4.78 is 8.87. The molecule has 0 atom stereocenters. The molecule has 0 saturated carbocycles. The van der Waals surface area contributed by atoms with E-state index >= 15 is 0 Å². The zero-order chi connectivity index (χ0) is 9.14. The molecular formula is C7H10NNaO5. The van der Waals surface area contributed by atoms with Crippen LogP contribution in [0.2, 0.25) is 0 Å². The largest absolute Gasteiger partial charge is 1.00 e. The Morgan fingerprint density at radius 1 is 1.64 bits per heavy atom. The number of nitrogens with zero attached hydrogens (tertiary/aromatic N) is 1. The van der Waals surface area contributed by atoms with E-state index < -0.39 is 11.9 Å². The van der Waals surface area contributed by atoms with E-state index in [2.05, 4.69) is 14.4 Å². The van der Waals surface area contributed by atoms with Crippen molar-refractivity contribution < 1.29 is 54.2 Å². The van der Waals surface area contributed by atoms with Gasteiger partial charge in [0.1, 0.15) is 5.56 Å². The minimum Gasteiger partial charge on any atom is -0.543 e. The van der Waals surface area contributed by atoms with E-state index in [-0.39, 0.29) is 52.9 Å². The van der Waals surface area contributed by atoms with E-state index in [1.807, 2.05) is 0 Å². The summed E-state index contributed by atoms with van der Waals surface area (Å²) in [5, 5.41) is 14.2. The Hall–Kier alpha value is -0.560. The Labute approximate surface area is 103 Å². The molecular weight excluding hydrogens is 201 g/mol. The van der Waals surface area contributed by atoms with Gasteiger partial charge in [0.25, 0.3) is 0 Å². The first-order valence-electron chi connectivity index (χ1n) is 3.47. The molecule has 0 aliphatic heterocycles. The van der Waals surface area contributed by atoms with Gasteiger partial charge in [0, 0.05) is 0 Å². The summed E-state index contributed by atoms with van der Waals surface area (Å²) in [4.78, 5) is 11.0. The van der Waals surface area contributed by atoms with Crippen LogP contribution in [-0.4, -0.2) is 23.2 Å². The van der Waals surface area contributed by atoms with E-state index in [0.717, 1.165) is 0 Å². The molecule has 74 valence electrons. The van der Waals surface area contributed by atoms with E-state index in [4.69, 9.17) is 0 Å². The number of carbonyl (C=O) groups excluding carboxylic acids is 1. The van der Waals surface area contributed by atoms with E-state index in [0.29, 0.717) is 0 Å². The Balaban J connectivity index is 0. The van der Waals surface area contributed by atoms with Crippen molar-refractivity contribution in [2.75, 3.05) is 6.61 Å². The van der Waals surface area contributed by atoms with Crippen LogP contribution in [0.5, 0.6) is 5.95 Å². The van der Waals surface area contributed by atoms with Crippen LogP contribution in [0.3, 0.4) is 0 Å². The van der Waals surface area contributed by atoms with Crippen molar-refractivity contribution in [1.82, 2.24) is 5.16 Å². The Kier molecular flexibility index (Phi) is 7.75. The van der Waals surface area contributed by atoms with Crippen molar-refractivity contribution in [2.24, 2.45) is 0 Å². The van der Waals surface area contributed by atoms with Crippen molar-refractivity contribution in [1.29, 1.82) is 0 Å². The fourth-order valence-corrected chi connectivity index (χ4v) is 0.783. The molecule has 0 saturated heterocycles. The molecule has 0 radical (unpaired) electrons. The molecule has 0 aliphatic rings. The Morgan fingerprint density at radius 3 is 2.57 bits per heavy atom. The standard InChI is InChI=1S/C7H9NO4.Na.H2O/c1-3-11-6(9)5-4(2)8-12-7(5)10;;/h10H,3H2,1-2H3;;1H2/q;+1;/p-1. The van der Waals surface area contributed by atoms with Gasteiger partial charge in [-0.25, -0.2) is 4.79 Å². The average Bonchev–Trinajstić information content (AvgIpc) is 2.32. The Morgan fingerprint density at radius 2 is 2.21 bits per heavy atom. The van der Waals surface area contributed by atoms with Gasteiger partial charge in [0.2, 0.25) is 0 Å². The molecule has 0 unspecified atom stereocenters. The number of rotatable bonds is 2. The fourth-order valence-electron chi connectivity index (χ4n) is 0.783. The number of esters is 1. The first-order chi connectivity index (χ1) is 5.66. The average molecular weight is 211 g/mol. The first-order valence-corrected chi connectivity index (χ1v) is 3.47. The number of aromatic nitrogens is 1. The van der Waals surface area contributed by atoms with Gasteiger partial charge in [-0.1, -0.05) is 0 Å². The second-order valence-corrected chi connectivity index (χ2v) is 2.15. The van der Waals surface area contributed by atoms with Crippen molar-refractivity contribution in [3.05, 3.63) is 11.3 Å². The summed E-state index contributed by atoms with van der Waals surface area (Å²) in [5.41, 5.74) is 0.148. The predicted octanol–water partition coefficient (Wildman–Crippen LogP) is -3.59. The van der Waals surface area contributed by atoms with Crippen LogP contribution in [0.1, 0.15) is 23.0 Å². The molecule has 1 aromatic heterocycles. The molecule has 0 aromatic carbocycles. The number of carbonyl (C=O) groups is 1. The third-order valence-electron chi connectivity index (χ3n) is 1.31. The molecule has 1 aromatic rings. The van der Waals surface area contributed by atoms with Gasteiger partial charge >= 0.3 is 35.5 Å². The maximum Gasteiger partial charge on any atom is 1.00 e. The zero-order valence-corrected chi connectivity index (χ0v) is 10.3. The van der Waals surface area contributed by atoms with E-state index in [1.165, 1.54) is 6.92 Å². The Bertz CT molecular complexity index is 279. The smallest absolute Gasteiger partial charge is 0.543 e. The van der Waals surface area contributed by atoms with E-state index in [1.54, 1.807) is 6.92 Å². The molecule has 1 heterocycles. The van der Waals surface area contributed by atoms with E-state index in [9.17, 15) is 9.90 Å². The summed E-state index contributed by atoms with van der Waals surface area (Å²) in [6.45, 7) is 3.39. The molecule has 1 rings (SSSR count). The van der Waals surface area contributed by atoms with Crippen LogP contribution in [-0.2, 0) is 4.74 Å². The monoisotopic (exact) mass is 211 g/mol. The van der Waals surface area contributed by atoms with Crippen molar-refractivity contribution in [3.63, 3.8) is 0 Å². The SMILES string of the molecule is CCOC(=O)c1c(C)noc1[O-].O.[Na+]. The third kappa shape index (κ3) is 3.30. The maximum atomic E-state index is 11.0. The van der Waals surface area contributed by atoms with Crippen LogP contribution in [0.4, 0.5) is 0 Å². The molecule has 0 amide bonds. The molecule has 6 nitrogen and oxygen atoms in total. The molecule has 0 spiro atoms. The summed E-state index contributed by atoms with van der Waals surface area (Å²) in [6.07, 6.45) is 0. The molecule has 0 bridgehead atoms. The minimum absolute atomic E-state index is 0. The normalized spacial score (nSPS) is 8.43. The quantitative estimate of drug-likeness (QED) is 0.371. The number of hydrogen-bond donors (Lipinski definition) is 0. The number of ether oxygens (including phenoxy) is 1. The number of aryl methyl sites for hydroxylation is 1. The second-order valence-electron chi connectivity index (χ2n) is 2.15. The van der Waals surface area contributed by atoms with Crippen molar-refractivity contribution in [3.8, 4) is 5.95 Å². The molecule has 0 aliphatic carbocycles. The van der Waals surface area contributed by atoms with Gasteiger partial charge in [-0.2, -0.15) is 5.16 Å². The third-order valence-corrected chi connectivity index (χ3v) is 1.31.